The number of aliphatic hydroxyl groups is 1. The molecule has 2 heteroatoms. The van der Waals surface area contributed by atoms with E-state index in [1.165, 1.54) is 18.9 Å². The second-order valence-electron chi connectivity index (χ2n) is 4.14. The van der Waals surface area contributed by atoms with Crippen molar-refractivity contribution >= 4 is 0 Å². The van der Waals surface area contributed by atoms with E-state index in [1.54, 1.807) is 13.0 Å². The summed E-state index contributed by atoms with van der Waals surface area (Å²) in [6.07, 6.45) is 2.39. The van der Waals surface area contributed by atoms with Gasteiger partial charge in [-0.2, -0.15) is 0 Å². The number of halogens is 1. The molecule has 0 spiro atoms. The lowest BCUT2D eigenvalue weighted by atomic mass is 9.94. The smallest absolute Gasteiger partial charge is 0.126 e. The van der Waals surface area contributed by atoms with Crippen LogP contribution in [0.2, 0.25) is 0 Å². The van der Waals surface area contributed by atoms with Gasteiger partial charge in [-0.05, 0) is 42.9 Å². The van der Waals surface area contributed by atoms with Gasteiger partial charge in [0.1, 0.15) is 5.82 Å². The topological polar surface area (TPSA) is 20.2 Å². The molecule has 0 radical (unpaired) electrons. The third-order valence-electron chi connectivity index (χ3n) is 3.00. The molecule has 1 aromatic carbocycles. The van der Waals surface area contributed by atoms with Crippen LogP contribution in [-0.2, 0) is 0 Å². The van der Waals surface area contributed by atoms with Crippen LogP contribution in [0.15, 0.2) is 18.2 Å². The Hall–Kier alpha value is -0.890. The van der Waals surface area contributed by atoms with Crippen molar-refractivity contribution in [2.24, 2.45) is 5.92 Å². The van der Waals surface area contributed by atoms with E-state index in [9.17, 15) is 9.50 Å². The molecule has 0 saturated heterocycles. The zero-order valence-electron chi connectivity index (χ0n) is 8.33. The predicted octanol–water partition coefficient (Wildman–Crippen LogP) is 2.62. The normalized spacial score (nSPS) is 18.2. The molecule has 1 aromatic rings. The van der Waals surface area contributed by atoms with Crippen molar-refractivity contribution < 1.29 is 9.50 Å². The first-order valence-electron chi connectivity index (χ1n) is 5.09. The highest BCUT2D eigenvalue weighted by Gasteiger charge is 2.31. The van der Waals surface area contributed by atoms with Crippen LogP contribution in [0.5, 0.6) is 0 Å². The first-order chi connectivity index (χ1) is 6.72. The summed E-state index contributed by atoms with van der Waals surface area (Å²) in [6.45, 7) is 1.94. The van der Waals surface area contributed by atoms with E-state index in [1.807, 2.05) is 6.07 Å². The molecule has 1 atom stereocenters. The van der Waals surface area contributed by atoms with Crippen LogP contribution >= 0.6 is 0 Å². The van der Waals surface area contributed by atoms with Gasteiger partial charge >= 0.3 is 0 Å². The molecule has 0 amide bonds. The third kappa shape index (κ3) is 1.80. The predicted molar refractivity (Wildman–Crippen MR) is 53.7 cm³/mol. The molecule has 0 aliphatic heterocycles. The summed E-state index contributed by atoms with van der Waals surface area (Å²) in [5, 5.41) is 9.26. The number of aryl methyl sites for hydroxylation is 1. The number of aliphatic hydroxyl groups excluding tert-OH is 1. The van der Waals surface area contributed by atoms with Gasteiger partial charge in [-0.15, -0.1) is 0 Å². The highest BCUT2D eigenvalue weighted by Crippen LogP contribution is 2.42. The molecule has 1 N–H and O–H groups in total. The maximum absolute atomic E-state index is 13.0. The molecule has 1 aliphatic carbocycles. The van der Waals surface area contributed by atoms with E-state index in [4.69, 9.17) is 0 Å². The Morgan fingerprint density at radius 1 is 1.50 bits per heavy atom. The van der Waals surface area contributed by atoms with E-state index in [-0.39, 0.29) is 18.3 Å². The van der Waals surface area contributed by atoms with E-state index >= 15 is 0 Å². The number of rotatable bonds is 3. The van der Waals surface area contributed by atoms with Crippen LogP contribution in [0.4, 0.5) is 4.39 Å². The highest BCUT2D eigenvalue weighted by atomic mass is 19.1. The third-order valence-corrected chi connectivity index (χ3v) is 3.00. The van der Waals surface area contributed by atoms with Gasteiger partial charge in [0.05, 0.1) is 6.61 Å². The number of benzene rings is 1. The Labute approximate surface area is 83.6 Å². The maximum atomic E-state index is 13.0. The van der Waals surface area contributed by atoms with E-state index in [0.29, 0.717) is 11.5 Å². The average Bonchev–Trinajstić information content (AvgIpc) is 2.96. The van der Waals surface area contributed by atoms with E-state index in [0.717, 1.165) is 5.56 Å². The van der Waals surface area contributed by atoms with Crippen molar-refractivity contribution in [3.63, 3.8) is 0 Å². The molecule has 76 valence electrons. The van der Waals surface area contributed by atoms with Crippen molar-refractivity contribution in [3.05, 3.63) is 35.1 Å². The van der Waals surface area contributed by atoms with Gasteiger partial charge in [-0.3, -0.25) is 0 Å². The summed E-state index contributed by atoms with van der Waals surface area (Å²) in [4.78, 5) is 0. The molecule has 0 heterocycles. The molecule has 1 nitrogen and oxygen atoms in total. The molecule has 2 rings (SSSR count). The van der Waals surface area contributed by atoms with E-state index < -0.39 is 0 Å². The minimum absolute atomic E-state index is 0.166. The summed E-state index contributed by atoms with van der Waals surface area (Å²) in [6, 6.07) is 5.14. The van der Waals surface area contributed by atoms with Crippen LogP contribution in [0.25, 0.3) is 0 Å². The molecule has 14 heavy (non-hydrogen) atoms. The Morgan fingerprint density at radius 2 is 2.21 bits per heavy atom. The summed E-state index contributed by atoms with van der Waals surface area (Å²) < 4.78 is 13.0. The summed E-state index contributed by atoms with van der Waals surface area (Å²) in [7, 11) is 0. The van der Waals surface area contributed by atoms with E-state index in [2.05, 4.69) is 0 Å². The largest absolute Gasteiger partial charge is 0.396 e. The van der Waals surface area contributed by atoms with Gasteiger partial charge in [0.25, 0.3) is 0 Å². The first-order valence-corrected chi connectivity index (χ1v) is 5.09. The standard InChI is InChI=1S/C12H15FO/c1-8-6-10(4-5-12(8)13)11(7-14)9-2-3-9/h4-6,9,11,14H,2-3,7H2,1H3. The molecule has 0 bridgehead atoms. The molecule has 1 fully saturated rings. The van der Waals surface area contributed by atoms with Gasteiger partial charge < -0.3 is 5.11 Å². The quantitative estimate of drug-likeness (QED) is 0.784. The lowest BCUT2D eigenvalue weighted by Crippen LogP contribution is -2.06. The van der Waals surface area contributed by atoms with Crippen LogP contribution in [0.1, 0.15) is 29.9 Å². The van der Waals surface area contributed by atoms with Crippen molar-refractivity contribution in [1.82, 2.24) is 0 Å². The lowest BCUT2D eigenvalue weighted by Gasteiger charge is -2.14. The zero-order chi connectivity index (χ0) is 10.1. The second-order valence-corrected chi connectivity index (χ2v) is 4.14. The van der Waals surface area contributed by atoms with Crippen LogP contribution in [0.3, 0.4) is 0 Å². The first kappa shape index (κ1) is 9.66. The fourth-order valence-corrected chi connectivity index (χ4v) is 1.92. The fraction of sp³-hybridized carbons (Fsp3) is 0.500. The molecule has 1 unspecified atom stereocenters. The summed E-state index contributed by atoms with van der Waals surface area (Å²) in [5.74, 6) is 0.667. The summed E-state index contributed by atoms with van der Waals surface area (Å²) >= 11 is 0. The minimum Gasteiger partial charge on any atom is -0.396 e. The van der Waals surface area contributed by atoms with Gasteiger partial charge in [-0.25, -0.2) is 4.39 Å². The Kier molecular flexibility index (Phi) is 2.55. The maximum Gasteiger partial charge on any atom is 0.126 e. The van der Waals surface area contributed by atoms with Crippen molar-refractivity contribution in [1.29, 1.82) is 0 Å². The zero-order valence-corrected chi connectivity index (χ0v) is 8.33. The molecule has 0 aromatic heterocycles. The van der Waals surface area contributed by atoms with Crippen LogP contribution < -0.4 is 0 Å². The van der Waals surface area contributed by atoms with Crippen molar-refractivity contribution in [2.45, 2.75) is 25.7 Å². The Balaban J connectivity index is 2.25. The Bertz CT molecular complexity index is 331. The van der Waals surface area contributed by atoms with Crippen molar-refractivity contribution in [3.8, 4) is 0 Å². The Morgan fingerprint density at radius 3 is 2.71 bits per heavy atom. The van der Waals surface area contributed by atoms with Gasteiger partial charge in [0, 0.05) is 5.92 Å². The molecular formula is C12H15FO. The van der Waals surface area contributed by atoms with Crippen LogP contribution in [-0.4, -0.2) is 11.7 Å². The number of hydrogen-bond acceptors (Lipinski definition) is 1. The fourth-order valence-electron chi connectivity index (χ4n) is 1.92. The van der Waals surface area contributed by atoms with Gasteiger partial charge in [0.2, 0.25) is 0 Å². The molecule has 1 aliphatic rings. The van der Waals surface area contributed by atoms with Gasteiger partial charge in [0.15, 0.2) is 0 Å². The van der Waals surface area contributed by atoms with Gasteiger partial charge in [-0.1, -0.05) is 12.1 Å². The minimum atomic E-state index is -0.166. The number of hydrogen-bond donors (Lipinski definition) is 1. The van der Waals surface area contributed by atoms with Crippen LogP contribution in [0, 0.1) is 18.7 Å². The average molecular weight is 194 g/mol. The second kappa shape index (κ2) is 3.70. The monoisotopic (exact) mass is 194 g/mol. The highest BCUT2D eigenvalue weighted by molar-refractivity contribution is 5.28. The summed E-state index contributed by atoms with van der Waals surface area (Å²) in [5.41, 5.74) is 1.75. The lowest BCUT2D eigenvalue weighted by molar-refractivity contribution is 0.253. The SMILES string of the molecule is Cc1cc(C(CO)C2CC2)ccc1F. The van der Waals surface area contributed by atoms with Crippen molar-refractivity contribution in [2.75, 3.05) is 6.61 Å². The molecular weight excluding hydrogens is 179 g/mol. The molecule has 1 saturated carbocycles.